The number of hydrogen-bond donors (Lipinski definition) is 2. The van der Waals surface area contributed by atoms with Gasteiger partial charge in [-0.05, 0) is 19.9 Å². The third-order valence-electron chi connectivity index (χ3n) is 1.76. The van der Waals surface area contributed by atoms with Gasteiger partial charge in [0.2, 0.25) is 0 Å². The van der Waals surface area contributed by atoms with Gasteiger partial charge in [0.25, 0.3) is 0 Å². The van der Waals surface area contributed by atoms with Gasteiger partial charge in [0.1, 0.15) is 0 Å². The second-order valence-electron chi connectivity index (χ2n) is 2.27. The maximum atomic E-state index is 3.26. The van der Waals surface area contributed by atoms with Crippen LogP contribution in [0.15, 0.2) is 0 Å². The second kappa shape index (κ2) is 3.87. The van der Waals surface area contributed by atoms with Crippen LogP contribution in [-0.2, 0) is 0 Å². The first kappa shape index (κ1) is 7.92. The van der Waals surface area contributed by atoms with E-state index in [-0.39, 0.29) is 6.15 Å². The van der Waals surface area contributed by atoms with Crippen molar-refractivity contribution in [3.63, 3.8) is 0 Å². The third-order valence-corrected chi connectivity index (χ3v) is 1.76. The molecule has 1 aliphatic rings. The quantitative estimate of drug-likeness (QED) is 0.542. The van der Waals surface area contributed by atoms with Crippen LogP contribution >= 0.6 is 0 Å². The van der Waals surface area contributed by atoms with Gasteiger partial charge in [0, 0.05) is 6.04 Å². The van der Waals surface area contributed by atoms with Gasteiger partial charge >= 0.3 is 0 Å². The fourth-order valence-electron chi connectivity index (χ4n) is 1.21. The monoisotopic (exact) mass is 116 g/mol. The summed E-state index contributed by atoms with van der Waals surface area (Å²) in [7, 11) is 2.05. The molecule has 0 spiro atoms. The Morgan fingerprint density at radius 3 is 2.00 bits per heavy atom. The van der Waals surface area contributed by atoms with E-state index in [1.807, 2.05) is 0 Å². The zero-order valence-corrected chi connectivity index (χ0v) is 5.61. The minimum Gasteiger partial charge on any atom is -0.344 e. The van der Waals surface area contributed by atoms with Crippen LogP contribution in [0.2, 0.25) is 0 Å². The predicted octanol–water partition coefficient (Wildman–Crippen LogP) is 1.31. The molecule has 0 heterocycles. The summed E-state index contributed by atoms with van der Waals surface area (Å²) < 4.78 is 0. The molecule has 4 N–H and O–H groups in total. The molecule has 0 atom stereocenters. The van der Waals surface area contributed by atoms with E-state index in [0.717, 1.165) is 6.04 Å². The highest BCUT2D eigenvalue weighted by Gasteiger charge is 2.10. The van der Waals surface area contributed by atoms with Gasteiger partial charge in [-0.1, -0.05) is 12.8 Å². The fourth-order valence-corrected chi connectivity index (χ4v) is 1.21. The molecule has 0 aromatic rings. The van der Waals surface area contributed by atoms with Crippen molar-refractivity contribution < 1.29 is 0 Å². The average molecular weight is 116 g/mol. The summed E-state index contributed by atoms with van der Waals surface area (Å²) in [6, 6.07) is 0.847. The topological polar surface area (TPSA) is 47.0 Å². The minimum atomic E-state index is 0. The van der Waals surface area contributed by atoms with Crippen molar-refractivity contribution in [2.75, 3.05) is 7.05 Å². The molecule has 0 bridgehead atoms. The van der Waals surface area contributed by atoms with E-state index in [4.69, 9.17) is 0 Å². The van der Waals surface area contributed by atoms with Crippen molar-refractivity contribution in [2.45, 2.75) is 31.7 Å². The Hall–Kier alpha value is -0.0800. The summed E-state index contributed by atoms with van der Waals surface area (Å²) in [6.07, 6.45) is 5.67. The Balaban J connectivity index is 0.000000490. The summed E-state index contributed by atoms with van der Waals surface area (Å²) in [5.41, 5.74) is 0. The molecule has 0 saturated heterocycles. The molecule has 2 heteroatoms. The molecule has 0 amide bonds. The van der Waals surface area contributed by atoms with Crippen LogP contribution in [0.3, 0.4) is 0 Å². The van der Waals surface area contributed by atoms with E-state index in [2.05, 4.69) is 12.4 Å². The maximum Gasteiger partial charge on any atom is 0.00640 e. The molecule has 0 aromatic heterocycles. The van der Waals surface area contributed by atoms with Gasteiger partial charge in [-0.3, -0.25) is 0 Å². The molecule has 0 aliphatic heterocycles. The lowest BCUT2D eigenvalue weighted by Crippen LogP contribution is -2.20. The lowest BCUT2D eigenvalue weighted by atomic mass is 10.3. The van der Waals surface area contributed by atoms with Crippen molar-refractivity contribution in [3.05, 3.63) is 0 Å². The molecule has 2 nitrogen and oxygen atoms in total. The first-order valence-corrected chi connectivity index (χ1v) is 3.11. The summed E-state index contributed by atoms with van der Waals surface area (Å²) >= 11 is 0. The van der Waals surface area contributed by atoms with Crippen LogP contribution in [0, 0.1) is 0 Å². The first-order valence-electron chi connectivity index (χ1n) is 3.11. The molecular formula is C6H16N2. The van der Waals surface area contributed by atoms with Crippen molar-refractivity contribution >= 4 is 0 Å². The van der Waals surface area contributed by atoms with E-state index >= 15 is 0 Å². The minimum absolute atomic E-state index is 0. The number of hydrogen-bond acceptors (Lipinski definition) is 2. The predicted molar refractivity (Wildman–Crippen MR) is 36.3 cm³/mol. The molecule has 50 valence electrons. The largest absolute Gasteiger partial charge is 0.344 e. The molecule has 0 radical (unpaired) electrons. The Morgan fingerprint density at radius 2 is 1.75 bits per heavy atom. The number of rotatable bonds is 1. The van der Waals surface area contributed by atoms with Crippen LogP contribution in [0.25, 0.3) is 0 Å². The Bertz CT molecular complexity index is 48.5. The molecular weight excluding hydrogens is 100 g/mol. The SMILES string of the molecule is CNC1CCCC1.N. The number of nitrogens with one attached hydrogen (secondary N) is 1. The summed E-state index contributed by atoms with van der Waals surface area (Å²) in [5.74, 6) is 0. The zero-order valence-electron chi connectivity index (χ0n) is 5.61. The second-order valence-corrected chi connectivity index (χ2v) is 2.27. The Labute approximate surface area is 51.2 Å². The van der Waals surface area contributed by atoms with Crippen molar-refractivity contribution in [2.24, 2.45) is 0 Å². The van der Waals surface area contributed by atoms with Gasteiger partial charge in [-0.2, -0.15) is 0 Å². The van der Waals surface area contributed by atoms with Gasteiger partial charge in [-0.25, -0.2) is 0 Å². The van der Waals surface area contributed by atoms with E-state index in [1.54, 1.807) is 0 Å². The van der Waals surface area contributed by atoms with Crippen LogP contribution < -0.4 is 11.5 Å². The van der Waals surface area contributed by atoms with Crippen LogP contribution in [0.5, 0.6) is 0 Å². The average Bonchev–Trinajstić information content (AvgIpc) is 2.14. The van der Waals surface area contributed by atoms with Crippen molar-refractivity contribution in [1.29, 1.82) is 0 Å². The lowest BCUT2D eigenvalue weighted by molar-refractivity contribution is 0.582. The van der Waals surface area contributed by atoms with Gasteiger partial charge in [-0.15, -0.1) is 0 Å². The Kier molecular flexibility index (Phi) is 3.83. The molecule has 1 fully saturated rings. The van der Waals surface area contributed by atoms with Crippen LogP contribution in [0.4, 0.5) is 0 Å². The fraction of sp³-hybridized carbons (Fsp3) is 1.00. The van der Waals surface area contributed by atoms with Crippen LogP contribution in [-0.4, -0.2) is 13.1 Å². The summed E-state index contributed by atoms with van der Waals surface area (Å²) in [6.45, 7) is 0. The molecule has 8 heavy (non-hydrogen) atoms. The first-order chi connectivity index (χ1) is 3.43. The van der Waals surface area contributed by atoms with Gasteiger partial charge < -0.3 is 11.5 Å². The van der Waals surface area contributed by atoms with E-state index in [0.29, 0.717) is 0 Å². The molecule has 0 unspecified atom stereocenters. The molecule has 1 rings (SSSR count). The van der Waals surface area contributed by atoms with E-state index < -0.39 is 0 Å². The highest BCUT2D eigenvalue weighted by Crippen LogP contribution is 2.16. The van der Waals surface area contributed by atoms with Crippen LogP contribution in [0.1, 0.15) is 25.7 Å². The Morgan fingerprint density at radius 1 is 1.25 bits per heavy atom. The van der Waals surface area contributed by atoms with Gasteiger partial charge in [0.15, 0.2) is 0 Å². The van der Waals surface area contributed by atoms with Gasteiger partial charge in [0.05, 0.1) is 0 Å². The smallest absolute Gasteiger partial charge is 0.00640 e. The molecule has 0 aromatic carbocycles. The van der Waals surface area contributed by atoms with Crippen molar-refractivity contribution in [3.8, 4) is 0 Å². The van der Waals surface area contributed by atoms with Crippen molar-refractivity contribution in [1.82, 2.24) is 11.5 Å². The van der Waals surface area contributed by atoms with E-state index in [9.17, 15) is 0 Å². The standard InChI is InChI=1S/C6H13N.H3N/c1-7-6-4-2-3-5-6;/h6-7H,2-5H2,1H3;1H3. The molecule has 1 aliphatic carbocycles. The maximum absolute atomic E-state index is 3.26. The van der Waals surface area contributed by atoms with E-state index in [1.165, 1.54) is 25.7 Å². The third kappa shape index (κ3) is 1.80. The highest BCUT2D eigenvalue weighted by molar-refractivity contribution is 4.70. The normalized spacial score (nSPS) is 20.6. The lowest BCUT2D eigenvalue weighted by Gasteiger charge is -2.03. The zero-order chi connectivity index (χ0) is 5.11. The summed E-state index contributed by atoms with van der Waals surface area (Å²) in [5, 5.41) is 3.26. The molecule has 1 saturated carbocycles. The summed E-state index contributed by atoms with van der Waals surface area (Å²) in [4.78, 5) is 0. The highest BCUT2D eigenvalue weighted by atomic mass is 14.9.